The van der Waals surface area contributed by atoms with E-state index in [2.05, 4.69) is 5.32 Å². The monoisotopic (exact) mass is 371 g/mol. The molecule has 0 aliphatic rings. The van der Waals surface area contributed by atoms with E-state index >= 15 is 0 Å². The molecular formula is C17H16Cl3NO2. The van der Waals surface area contributed by atoms with Crippen LogP contribution in [0.25, 0.3) is 0 Å². The van der Waals surface area contributed by atoms with Gasteiger partial charge >= 0.3 is 0 Å². The number of anilines is 1. The molecule has 0 radical (unpaired) electrons. The largest absolute Gasteiger partial charge is 0.481 e. The van der Waals surface area contributed by atoms with Crippen molar-refractivity contribution in [2.75, 3.05) is 5.32 Å². The molecule has 0 saturated carbocycles. The Morgan fingerprint density at radius 3 is 2.48 bits per heavy atom. The summed E-state index contributed by atoms with van der Waals surface area (Å²) in [5, 5.41) is 3.66. The number of para-hydroxylation sites is 1. The van der Waals surface area contributed by atoms with Crippen molar-refractivity contribution in [3.8, 4) is 5.75 Å². The van der Waals surface area contributed by atoms with E-state index in [0.29, 0.717) is 26.5 Å². The normalized spacial score (nSPS) is 11.9. The van der Waals surface area contributed by atoms with Crippen molar-refractivity contribution in [3.63, 3.8) is 0 Å². The zero-order valence-electron chi connectivity index (χ0n) is 12.7. The number of aryl methyl sites for hydroxylation is 1. The number of rotatable bonds is 5. The van der Waals surface area contributed by atoms with Crippen LogP contribution < -0.4 is 10.1 Å². The Kier molecular flexibility index (Phi) is 6.17. The summed E-state index contributed by atoms with van der Waals surface area (Å²) in [4.78, 5) is 12.3. The lowest BCUT2D eigenvalue weighted by Crippen LogP contribution is -2.30. The molecule has 1 N–H and O–H groups in total. The van der Waals surface area contributed by atoms with E-state index in [1.54, 1.807) is 6.92 Å². The predicted octanol–water partition coefficient (Wildman–Crippen LogP) is 5.62. The van der Waals surface area contributed by atoms with Gasteiger partial charge in [0, 0.05) is 0 Å². The number of nitrogens with one attached hydrogen (secondary N) is 1. The Morgan fingerprint density at radius 2 is 1.78 bits per heavy atom. The minimum Gasteiger partial charge on any atom is -0.481 e. The number of carbonyl (C=O) groups is 1. The molecule has 0 fully saturated rings. The number of hydrogen-bond donors (Lipinski definition) is 1. The average Bonchev–Trinajstić information content (AvgIpc) is 2.53. The quantitative estimate of drug-likeness (QED) is 0.692. The lowest BCUT2D eigenvalue weighted by molar-refractivity contribution is -0.122. The highest BCUT2D eigenvalue weighted by atomic mass is 35.5. The molecule has 6 heteroatoms. The molecule has 23 heavy (non-hydrogen) atoms. The summed E-state index contributed by atoms with van der Waals surface area (Å²) >= 11 is 17.9. The summed E-state index contributed by atoms with van der Waals surface area (Å²) in [5.74, 6) is 0.370. The van der Waals surface area contributed by atoms with Gasteiger partial charge in [-0.1, -0.05) is 59.9 Å². The van der Waals surface area contributed by atoms with E-state index in [9.17, 15) is 4.79 Å². The van der Waals surface area contributed by atoms with E-state index in [0.717, 1.165) is 12.0 Å². The molecule has 0 saturated heterocycles. The highest BCUT2D eigenvalue weighted by Crippen LogP contribution is 2.32. The third-order valence-electron chi connectivity index (χ3n) is 3.29. The predicted molar refractivity (Wildman–Crippen MR) is 96.0 cm³/mol. The van der Waals surface area contributed by atoms with E-state index < -0.39 is 6.10 Å². The Morgan fingerprint density at radius 1 is 1.13 bits per heavy atom. The van der Waals surface area contributed by atoms with Crippen molar-refractivity contribution in [1.82, 2.24) is 0 Å². The van der Waals surface area contributed by atoms with Crippen molar-refractivity contribution in [2.24, 2.45) is 0 Å². The highest BCUT2D eigenvalue weighted by Gasteiger charge is 2.18. The topological polar surface area (TPSA) is 38.3 Å². The molecule has 0 aliphatic heterocycles. The summed E-state index contributed by atoms with van der Waals surface area (Å²) in [6.07, 6.45) is 0.136. The molecule has 0 spiro atoms. The van der Waals surface area contributed by atoms with Crippen LogP contribution in [0.5, 0.6) is 5.75 Å². The Labute approximate surface area is 150 Å². The summed E-state index contributed by atoms with van der Waals surface area (Å²) in [5.41, 5.74) is 1.44. The first-order chi connectivity index (χ1) is 10.9. The van der Waals surface area contributed by atoms with Crippen molar-refractivity contribution in [1.29, 1.82) is 0 Å². The summed E-state index contributed by atoms with van der Waals surface area (Å²) in [7, 11) is 0. The molecule has 2 aromatic rings. The fourth-order valence-corrected chi connectivity index (χ4v) is 2.60. The van der Waals surface area contributed by atoms with Crippen LogP contribution in [-0.2, 0) is 11.2 Å². The van der Waals surface area contributed by atoms with Crippen LogP contribution in [0.1, 0.15) is 19.4 Å². The first-order valence-electron chi connectivity index (χ1n) is 7.12. The zero-order valence-corrected chi connectivity index (χ0v) is 15.0. The van der Waals surface area contributed by atoms with Crippen LogP contribution in [0.2, 0.25) is 15.1 Å². The van der Waals surface area contributed by atoms with E-state index in [4.69, 9.17) is 39.5 Å². The van der Waals surface area contributed by atoms with Gasteiger partial charge in [0.15, 0.2) is 6.10 Å². The van der Waals surface area contributed by atoms with Gasteiger partial charge in [0.25, 0.3) is 5.91 Å². The van der Waals surface area contributed by atoms with Crippen LogP contribution in [0.4, 0.5) is 5.69 Å². The van der Waals surface area contributed by atoms with E-state index in [1.165, 1.54) is 12.1 Å². The number of amides is 1. The molecule has 1 amide bonds. The number of carbonyl (C=O) groups excluding carboxylic acids is 1. The zero-order chi connectivity index (χ0) is 17.0. The van der Waals surface area contributed by atoms with Gasteiger partial charge < -0.3 is 10.1 Å². The van der Waals surface area contributed by atoms with Gasteiger partial charge in [-0.15, -0.1) is 0 Å². The second kappa shape index (κ2) is 7.91. The van der Waals surface area contributed by atoms with Gasteiger partial charge in [-0.2, -0.15) is 0 Å². The number of halogens is 3. The fourth-order valence-electron chi connectivity index (χ4n) is 2.01. The van der Waals surface area contributed by atoms with Gasteiger partial charge in [-0.05, 0) is 37.1 Å². The van der Waals surface area contributed by atoms with Crippen LogP contribution in [0.15, 0.2) is 36.4 Å². The second-order valence-corrected chi connectivity index (χ2v) is 6.18. The van der Waals surface area contributed by atoms with Crippen molar-refractivity contribution in [2.45, 2.75) is 26.4 Å². The summed E-state index contributed by atoms with van der Waals surface area (Å²) in [6.45, 7) is 3.70. The molecule has 1 atom stereocenters. The SMILES string of the molecule is CCc1ccccc1O[C@@H](C)C(=O)Nc1cc(Cl)c(Cl)cc1Cl. The maximum atomic E-state index is 12.3. The van der Waals surface area contributed by atoms with Crippen LogP contribution in [-0.4, -0.2) is 12.0 Å². The number of benzene rings is 2. The lowest BCUT2D eigenvalue weighted by Gasteiger charge is -2.17. The molecular weight excluding hydrogens is 357 g/mol. The molecule has 3 nitrogen and oxygen atoms in total. The van der Waals surface area contributed by atoms with Gasteiger partial charge in [-0.3, -0.25) is 4.79 Å². The van der Waals surface area contributed by atoms with E-state index in [-0.39, 0.29) is 5.91 Å². The Balaban J connectivity index is 2.10. The van der Waals surface area contributed by atoms with Gasteiger partial charge in [0.05, 0.1) is 20.8 Å². The average molecular weight is 373 g/mol. The Bertz CT molecular complexity index is 719. The summed E-state index contributed by atoms with van der Waals surface area (Å²) < 4.78 is 5.75. The van der Waals surface area contributed by atoms with E-state index in [1.807, 2.05) is 31.2 Å². The van der Waals surface area contributed by atoms with Crippen molar-refractivity contribution >= 4 is 46.4 Å². The molecule has 122 valence electrons. The van der Waals surface area contributed by atoms with Gasteiger partial charge in [-0.25, -0.2) is 0 Å². The van der Waals surface area contributed by atoms with Gasteiger partial charge in [0.2, 0.25) is 0 Å². The molecule has 2 rings (SSSR count). The maximum absolute atomic E-state index is 12.3. The minimum atomic E-state index is -0.687. The standard InChI is InChI=1S/C17H16Cl3NO2/c1-3-11-6-4-5-7-16(11)23-10(2)17(22)21-15-9-13(19)12(18)8-14(15)20/h4-10H,3H2,1-2H3,(H,21,22)/t10-/m0/s1. The third-order valence-corrected chi connectivity index (χ3v) is 4.33. The fraction of sp³-hybridized carbons (Fsp3) is 0.235. The van der Waals surface area contributed by atoms with Crippen LogP contribution >= 0.6 is 34.8 Å². The first-order valence-corrected chi connectivity index (χ1v) is 8.25. The first kappa shape index (κ1) is 17.9. The molecule has 0 aliphatic carbocycles. The third kappa shape index (κ3) is 4.54. The van der Waals surface area contributed by atoms with Crippen molar-refractivity contribution in [3.05, 3.63) is 57.0 Å². The lowest BCUT2D eigenvalue weighted by atomic mass is 10.1. The smallest absolute Gasteiger partial charge is 0.265 e. The molecule has 0 unspecified atom stereocenters. The molecule has 0 heterocycles. The maximum Gasteiger partial charge on any atom is 0.265 e. The number of hydrogen-bond acceptors (Lipinski definition) is 2. The van der Waals surface area contributed by atoms with Crippen LogP contribution in [0.3, 0.4) is 0 Å². The second-order valence-electron chi connectivity index (χ2n) is 4.96. The number of ether oxygens (including phenoxy) is 1. The van der Waals surface area contributed by atoms with Crippen LogP contribution in [0, 0.1) is 0 Å². The Hall–Kier alpha value is -1.42. The van der Waals surface area contributed by atoms with Gasteiger partial charge in [0.1, 0.15) is 5.75 Å². The minimum absolute atomic E-state index is 0.314. The summed E-state index contributed by atoms with van der Waals surface area (Å²) in [6, 6.07) is 10.6. The molecule has 2 aromatic carbocycles. The molecule has 0 bridgehead atoms. The molecule has 0 aromatic heterocycles. The van der Waals surface area contributed by atoms with Crippen molar-refractivity contribution < 1.29 is 9.53 Å². The highest BCUT2D eigenvalue weighted by molar-refractivity contribution is 6.44.